The monoisotopic (exact) mass is 326 g/mol. The van der Waals surface area contributed by atoms with Crippen LogP contribution in [0.15, 0.2) is 52.1 Å². The molecule has 0 fully saturated rings. The fourth-order valence-electron chi connectivity index (χ4n) is 2.45. The van der Waals surface area contributed by atoms with Crippen molar-refractivity contribution in [3.05, 3.63) is 68.9 Å². The SMILES string of the molecule is COC(=O)c1ccc2c(=O)n(-c3cccc(OC)c3)c(=O)[nH]c2c1. The standard InChI is InChI=1S/C17H14N2O5/c1-23-12-5-3-4-11(9-12)19-15(20)13-7-6-10(16(21)24-2)8-14(13)18-17(19)22/h3-9H,1-2H3,(H,18,22). The van der Waals surface area contributed by atoms with Crippen molar-refractivity contribution in [3.8, 4) is 11.4 Å². The molecule has 0 unspecified atom stereocenters. The Morgan fingerprint density at radius 1 is 1.08 bits per heavy atom. The number of benzene rings is 2. The fraction of sp³-hybridized carbons (Fsp3) is 0.118. The van der Waals surface area contributed by atoms with Crippen molar-refractivity contribution in [1.82, 2.24) is 9.55 Å². The van der Waals surface area contributed by atoms with Gasteiger partial charge in [0.1, 0.15) is 5.75 Å². The van der Waals surface area contributed by atoms with E-state index in [4.69, 9.17) is 4.74 Å². The maximum absolute atomic E-state index is 12.7. The maximum Gasteiger partial charge on any atom is 0.337 e. The predicted molar refractivity (Wildman–Crippen MR) is 88.1 cm³/mol. The van der Waals surface area contributed by atoms with Crippen LogP contribution in [0.3, 0.4) is 0 Å². The van der Waals surface area contributed by atoms with Gasteiger partial charge in [0.15, 0.2) is 0 Å². The molecule has 0 aliphatic heterocycles. The van der Waals surface area contributed by atoms with Crippen LogP contribution in [0.25, 0.3) is 16.6 Å². The Bertz CT molecular complexity index is 1050. The third-order valence-corrected chi connectivity index (χ3v) is 3.63. The van der Waals surface area contributed by atoms with Crippen molar-refractivity contribution in [2.45, 2.75) is 0 Å². The van der Waals surface area contributed by atoms with Crippen LogP contribution < -0.4 is 16.0 Å². The second-order valence-corrected chi connectivity index (χ2v) is 5.02. The molecule has 24 heavy (non-hydrogen) atoms. The van der Waals surface area contributed by atoms with E-state index in [0.717, 1.165) is 4.57 Å². The van der Waals surface area contributed by atoms with Gasteiger partial charge in [0.25, 0.3) is 5.56 Å². The number of nitrogens with one attached hydrogen (secondary N) is 1. The summed E-state index contributed by atoms with van der Waals surface area (Å²) < 4.78 is 10.8. The highest BCUT2D eigenvalue weighted by Gasteiger charge is 2.13. The van der Waals surface area contributed by atoms with Crippen LogP contribution in [0.2, 0.25) is 0 Å². The smallest absolute Gasteiger partial charge is 0.337 e. The molecular weight excluding hydrogens is 312 g/mol. The number of ether oxygens (including phenoxy) is 2. The van der Waals surface area contributed by atoms with Crippen LogP contribution in [0.4, 0.5) is 0 Å². The molecule has 0 radical (unpaired) electrons. The van der Waals surface area contributed by atoms with Gasteiger partial charge < -0.3 is 14.5 Å². The van der Waals surface area contributed by atoms with Crippen molar-refractivity contribution in [2.75, 3.05) is 14.2 Å². The molecule has 7 nitrogen and oxygen atoms in total. The zero-order chi connectivity index (χ0) is 17.3. The minimum absolute atomic E-state index is 0.249. The lowest BCUT2D eigenvalue weighted by atomic mass is 10.1. The summed E-state index contributed by atoms with van der Waals surface area (Å²) in [5.74, 6) is -0.0188. The van der Waals surface area contributed by atoms with Gasteiger partial charge in [-0.2, -0.15) is 0 Å². The minimum Gasteiger partial charge on any atom is -0.497 e. The average molecular weight is 326 g/mol. The summed E-state index contributed by atoms with van der Waals surface area (Å²) in [4.78, 5) is 39.2. The Morgan fingerprint density at radius 2 is 1.88 bits per heavy atom. The molecule has 0 saturated carbocycles. The first-order chi connectivity index (χ1) is 11.5. The molecule has 1 N–H and O–H groups in total. The van der Waals surface area contributed by atoms with E-state index < -0.39 is 17.2 Å². The van der Waals surface area contributed by atoms with Gasteiger partial charge in [-0.25, -0.2) is 14.2 Å². The maximum atomic E-state index is 12.7. The number of carbonyl (C=O) groups excluding carboxylic acids is 1. The summed E-state index contributed by atoms with van der Waals surface area (Å²) in [5, 5.41) is 0.282. The molecular formula is C17H14N2O5. The molecule has 0 bridgehead atoms. The van der Waals surface area contributed by atoms with Crippen molar-refractivity contribution >= 4 is 16.9 Å². The van der Waals surface area contributed by atoms with Gasteiger partial charge in [0.05, 0.1) is 36.4 Å². The number of hydrogen-bond donors (Lipinski definition) is 1. The summed E-state index contributed by atoms with van der Waals surface area (Å²) in [5.41, 5.74) is -0.188. The van der Waals surface area contributed by atoms with Crippen LogP contribution in [-0.2, 0) is 4.74 Å². The molecule has 0 amide bonds. The van der Waals surface area contributed by atoms with Gasteiger partial charge in [0.2, 0.25) is 0 Å². The second-order valence-electron chi connectivity index (χ2n) is 5.02. The number of carbonyl (C=O) groups is 1. The zero-order valence-corrected chi connectivity index (χ0v) is 13.0. The number of rotatable bonds is 3. The number of fused-ring (bicyclic) bond motifs is 1. The summed E-state index contributed by atoms with van der Waals surface area (Å²) >= 11 is 0. The fourth-order valence-corrected chi connectivity index (χ4v) is 2.45. The first kappa shape index (κ1) is 15.5. The Hall–Kier alpha value is -3.35. The molecule has 1 heterocycles. The second kappa shape index (κ2) is 6.04. The summed E-state index contributed by atoms with van der Waals surface area (Å²) in [6.07, 6.45) is 0. The number of aromatic amines is 1. The quantitative estimate of drug-likeness (QED) is 0.736. The van der Waals surface area contributed by atoms with E-state index in [9.17, 15) is 14.4 Å². The first-order valence-electron chi connectivity index (χ1n) is 7.07. The molecule has 122 valence electrons. The molecule has 0 aliphatic rings. The van der Waals surface area contributed by atoms with Crippen molar-refractivity contribution in [3.63, 3.8) is 0 Å². The lowest BCUT2D eigenvalue weighted by Gasteiger charge is -2.08. The molecule has 0 saturated heterocycles. The van der Waals surface area contributed by atoms with Gasteiger partial charge >= 0.3 is 11.7 Å². The van der Waals surface area contributed by atoms with E-state index >= 15 is 0 Å². The van der Waals surface area contributed by atoms with Gasteiger partial charge in [-0.1, -0.05) is 6.07 Å². The Labute approximate surface area is 136 Å². The average Bonchev–Trinajstić information content (AvgIpc) is 2.60. The van der Waals surface area contributed by atoms with E-state index in [1.807, 2.05) is 0 Å². The number of nitrogens with zero attached hydrogens (tertiary/aromatic N) is 1. The van der Waals surface area contributed by atoms with E-state index in [0.29, 0.717) is 11.4 Å². The molecule has 1 aromatic heterocycles. The van der Waals surface area contributed by atoms with Crippen molar-refractivity contribution < 1.29 is 14.3 Å². The number of methoxy groups -OCH3 is 2. The molecule has 0 spiro atoms. The Balaban J connectivity index is 2.26. The minimum atomic E-state index is -0.609. The van der Waals surface area contributed by atoms with E-state index in [1.165, 1.54) is 32.4 Å². The van der Waals surface area contributed by atoms with Gasteiger partial charge in [0, 0.05) is 6.07 Å². The van der Waals surface area contributed by atoms with Crippen LogP contribution in [0.5, 0.6) is 5.75 Å². The first-order valence-corrected chi connectivity index (χ1v) is 7.07. The summed E-state index contributed by atoms with van der Waals surface area (Å²) in [7, 11) is 2.76. The number of aromatic nitrogens is 2. The van der Waals surface area contributed by atoms with Gasteiger partial charge in [-0.05, 0) is 30.3 Å². The highest BCUT2D eigenvalue weighted by Crippen LogP contribution is 2.15. The number of hydrogen-bond acceptors (Lipinski definition) is 5. The Morgan fingerprint density at radius 3 is 2.58 bits per heavy atom. The molecule has 3 rings (SSSR count). The third-order valence-electron chi connectivity index (χ3n) is 3.63. The summed E-state index contributed by atoms with van der Waals surface area (Å²) in [6, 6.07) is 11.0. The van der Waals surface area contributed by atoms with Crippen LogP contribution in [-0.4, -0.2) is 29.7 Å². The lowest BCUT2D eigenvalue weighted by Crippen LogP contribution is -2.33. The molecule has 3 aromatic rings. The van der Waals surface area contributed by atoms with Gasteiger partial charge in [-0.15, -0.1) is 0 Å². The van der Waals surface area contributed by atoms with Crippen LogP contribution in [0, 0.1) is 0 Å². The highest BCUT2D eigenvalue weighted by atomic mass is 16.5. The lowest BCUT2D eigenvalue weighted by molar-refractivity contribution is 0.0601. The normalized spacial score (nSPS) is 10.6. The van der Waals surface area contributed by atoms with Crippen LogP contribution >= 0.6 is 0 Å². The van der Waals surface area contributed by atoms with Gasteiger partial charge in [-0.3, -0.25) is 4.79 Å². The number of esters is 1. The largest absolute Gasteiger partial charge is 0.497 e. The van der Waals surface area contributed by atoms with E-state index in [1.54, 1.807) is 24.3 Å². The molecule has 7 heteroatoms. The van der Waals surface area contributed by atoms with E-state index in [2.05, 4.69) is 9.72 Å². The van der Waals surface area contributed by atoms with Crippen LogP contribution in [0.1, 0.15) is 10.4 Å². The Kier molecular flexibility index (Phi) is 3.91. The number of H-pyrrole nitrogens is 1. The molecule has 2 aromatic carbocycles. The predicted octanol–water partition coefficient (Wildman–Crippen LogP) is 1.47. The topological polar surface area (TPSA) is 90.4 Å². The summed E-state index contributed by atoms with van der Waals surface area (Å²) in [6.45, 7) is 0. The molecule has 0 aliphatic carbocycles. The van der Waals surface area contributed by atoms with E-state index in [-0.39, 0.29) is 16.5 Å². The molecule has 0 atom stereocenters. The third kappa shape index (κ3) is 2.56. The zero-order valence-electron chi connectivity index (χ0n) is 13.0. The highest BCUT2D eigenvalue weighted by molar-refractivity contribution is 5.93. The van der Waals surface area contributed by atoms with Crippen molar-refractivity contribution in [1.29, 1.82) is 0 Å². The van der Waals surface area contributed by atoms with Crippen molar-refractivity contribution in [2.24, 2.45) is 0 Å².